The largest absolute Gasteiger partial charge is 0.379 e. The molecule has 1 saturated heterocycles. The van der Waals surface area contributed by atoms with E-state index in [4.69, 9.17) is 10.7 Å². The molecule has 28 heavy (non-hydrogen) atoms. The van der Waals surface area contributed by atoms with Gasteiger partial charge in [-0.05, 0) is 13.8 Å². The zero-order valence-electron chi connectivity index (χ0n) is 15.3. The van der Waals surface area contributed by atoms with E-state index in [1.54, 1.807) is 18.6 Å². The van der Waals surface area contributed by atoms with Crippen LogP contribution in [0.4, 0.5) is 14.7 Å². The van der Waals surface area contributed by atoms with Crippen molar-refractivity contribution >= 4 is 35.3 Å². The van der Waals surface area contributed by atoms with Gasteiger partial charge in [0.2, 0.25) is 5.95 Å². The number of rotatable bonds is 3. The number of anilines is 1. The van der Waals surface area contributed by atoms with Gasteiger partial charge in [-0.2, -0.15) is 0 Å². The molecule has 2 N–H and O–H groups in total. The quantitative estimate of drug-likeness (QED) is 0.803. The first kappa shape index (κ1) is 20.7. The van der Waals surface area contributed by atoms with E-state index < -0.39 is 17.0 Å². The van der Waals surface area contributed by atoms with E-state index in [0.29, 0.717) is 24.0 Å². The van der Waals surface area contributed by atoms with Gasteiger partial charge in [0, 0.05) is 30.6 Å². The molecule has 0 saturated carbocycles. The van der Waals surface area contributed by atoms with E-state index in [1.807, 2.05) is 4.90 Å². The summed E-state index contributed by atoms with van der Waals surface area (Å²) in [5, 5.41) is 0.490. The SMILES string of the molecule is CC(C)(F)c1nc(N2C[C@H]3CSC(N)=N[C@@]3(c3cnccn3)C2)ncc1F.Cl. The number of hydrogen-bond acceptors (Lipinski definition) is 8. The Morgan fingerprint density at radius 2 is 2.07 bits per heavy atom. The van der Waals surface area contributed by atoms with E-state index in [-0.39, 0.29) is 30.0 Å². The lowest BCUT2D eigenvalue weighted by atomic mass is 9.86. The number of thioether (sulfide) groups is 1. The van der Waals surface area contributed by atoms with E-state index in [1.165, 1.54) is 25.6 Å². The second-order valence-corrected chi connectivity index (χ2v) is 8.23. The first-order chi connectivity index (χ1) is 12.8. The Bertz CT molecular complexity index is 893. The number of aromatic nitrogens is 4. The highest BCUT2D eigenvalue weighted by atomic mass is 35.5. The predicted molar refractivity (Wildman–Crippen MR) is 107 cm³/mol. The maximum atomic E-state index is 14.3. The lowest BCUT2D eigenvalue weighted by molar-refractivity contribution is 0.205. The molecule has 0 amide bonds. The second-order valence-electron chi connectivity index (χ2n) is 7.19. The minimum Gasteiger partial charge on any atom is -0.379 e. The molecule has 0 radical (unpaired) electrons. The van der Waals surface area contributed by atoms with Gasteiger partial charge in [0.15, 0.2) is 11.0 Å². The number of fused-ring (bicyclic) bond motifs is 1. The smallest absolute Gasteiger partial charge is 0.225 e. The van der Waals surface area contributed by atoms with Crippen LogP contribution in [0.2, 0.25) is 0 Å². The normalized spacial score (nSPS) is 24.4. The number of nitrogens with zero attached hydrogens (tertiary/aromatic N) is 6. The van der Waals surface area contributed by atoms with Crippen molar-refractivity contribution in [1.29, 1.82) is 0 Å². The number of nitrogens with two attached hydrogens (primary N) is 1. The zero-order chi connectivity index (χ0) is 19.2. The predicted octanol–water partition coefficient (Wildman–Crippen LogP) is 2.43. The van der Waals surface area contributed by atoms with Crippen LogP contribution in [0.1, 0.15) is 25.2 Å². The van der Waals surface area contributed by atoms with Gasteiger partial charge in [-0.1, -0.05) is 11.8 Å². The molecule has 4 rings (SSSR count). The molecule has 0 aromatic carbocycles. The van der Waals surface area contributed by atoms with Gasteiger partial charge in [0.25, 0.3) is 0 Å². The summed E-state index contributed by atoms with van der Waals surface area (Å²) in [4.78, 5) is 23.5. The minimum atomic E-state index is -1.91. The molecule has 7 nitrogen and oxygen atoms in total. The summed E-state index contributed by atoms with van der Waals surface area (Å²) in [5.41, 5.74) is 3.89. The van der Waals surface area contributed by atoms with E-state index in [2.05, 4.69) is 19.9 Å². The fourth-order valence-corrected chi connectivity index (χ4v) is 4.56. The summed E-state index contributed by atoms with van der Waals surface area (Å²) in [6.45, 7) is 3.54. The third-order valence-corrected chi connectivity index (χ3v) is 5.83. The molecule has 2 aromatic rings. The summed E-state index contributed by atoms with van der Waals surface area (Å²) in [5.74, 6) is 0.366. The molecule has 0 unspecified atom stereocenters. The second kappa shape index (κ2) is 7.40. The van der Waals surface area contributed by atoms with Crippen LogP contribution in [0, 0.1) is 11.7 Å². The van der Waals surface area contributed by atoms with E-state index >= 15 is 0 Å². The van der Waals surface area contributed by atoms with E-state index in [0.717, 1.165) is 11.9 Å². The van der Waals surface area contributed by atoms with Crippen molar-refractivity contribution in [2.24, 2.45) is 16.6 Å². The van der Waals surface area contributed by atoms with Crippen LogP contribution in [-0.2, 0) is 11.2 Å². The van der Waals surface area contributed by atoms with Gasteiger partial charge in [-0.25, -0.2) is 23.7 Å². The molecule has 2 aromatic heterocycles. The Labute approximate surface area is 171 Å². The van der Waals surface area contributed by atoms with Crippen LogP contribution < -0.4 is 10.6 Å². The molecule has 0 aliphatic carbocycles. The van der Waals surface area contributed by atoms with Gasteiger partial charge in [0.05, 0.1) is 24.6 Å². The van der Waals surface area contributed by atoms with Gasteiger partial charge >= 0.3 is 0 Å². The van der Waals surface area contributed by atoms with Crippen LogP contribution >= 0.6 is 24.2 Å². The summed E-state index contributed by atoms with van der Waals surface area (Å²) in [6, 6.07) is 0. The van der Waals surface area contributed by atoms with Crippen LogP contribution in [0.5, 0.6) is 0 Å². The molecule has 150 valence electrons. The van der Waals surface area contributed by atoms with Crippen LogP contribution in [0.15, 0.2) is 29.8 Å². The van der Waals surface area contributed by atoms with Crippen molar-refractivity contribution in [2.75, 3.05) is 23.7 Å². The molecule has 2 aliphatic rings. The summed E-state index contributed by atoms with van der Waals surface area (Å²) < 4.78 is 28.3. The van der Waals surface area contributed by atoms with E-state index in [9.17, 15) is 8.78 Å². The number of amidine groups is 1. The standard InChI is InChI=1S/C17H19F2N7S.ClH/c1-16(2,19)13-11(18)5-23-15(24-13)26-7-10-8-27-14(20)25-17(10,9-26)12-6-21-3-4-22-12;/h3-6,10H,7-9H2,1-2H3,(H2,20,25);1H/t10-,17-;/m0./s1. The molecule has 2 atom stereocenters. The zero-order valence-corrected chi connectivity index (χ0v) is 17.0. The average molecular weight is 428 g/mol. The molecular weight excluding hydrogens is 408 g/mol. The van der Waals surface area contributed by atoms with Crippen molar-refractivity contribution in [3.05, 3.63) is 42.0 Å². The van der Waals surface area contributed by atoms with Crippen molar-refractivity contribution in [2.45, 2.75) is 25.1 Å². The fourth-order valence-electron chi connectivity index (χ4n) is 3.58. The van der Waals surface area contributed by atoms with Crippen LogP contribution in [0.25, 0.3) is 0 Å². The van der Waals surface area contributed by atoms with Gasteiger partial charge in [-0.3, -0.25) is 9.97 Å². The first-order valence-electron chi connectivity index (χ1n) is 8.51. The van der Waals surface area contributed by atoms with Crippen molar-refractivity contribution in [1.82, 2.24) is 19.9 Å². The molecule has 0 spiro atoms. The Morgan fingerprint density at radius 3 is 2.75 bits per heavy atom. The van der Waals surface area contributed by atoms with Crippen molar-refractivity contribution in [3.8, 4) is 0 Å². The maximum absolute atomic E-state index is 14.3. The summed E-state index contributed by atoms with van der Waals surface area (Å²) >= 11 is 1.49. The highest BCUT2D eigenvalue weighted by Gasteiger charge is 2.52. The first-order valence-corrected chi connectivity index (χ1v) is 9.49. The van der Waals surface area contributed by atoms with Crippen molar-refractivity contribution < 1.29 is 8.78 Å². The lowest BCUT2D eigenvalue weighted by Gasteiger charge is -2.33. The lowest BCUT2D eigenvalue weighted by Crippen LogP contribution is -2.40. The fraction of sp³-hybridized carbons (Fsp3) is 0.471. The number of hydrogen-bond donors (Lipinski definition) is 1. The maximum Gasteiger partial charge on any atom is 0.225 e. The molecule has 11 heteroatoms. The highest BCUT2D eigenvalue weighted by Crippen LogP contribution is 2.45. The Morgan fingerprint density at radius 1 is 1.29 bits per heavy atom. The number of aliphatic imine (C=N–C) groups is 1. The third-order valence-electron chi connectivity index (χ3n) is 4.87. The van der Waals surface area contributed by atoms with Gasteiger partial charge in [-0.15, -0.1) is 12.4 Å². The van der Waals surface area contributed by atoms with Crippen LogP contribution in [0.3, 0.4) is 0 Å². The Hall–Kier alpha value is -2.07. The number of alkyl halides is 1. The summed E-state index contributed by atoms with van der Waals surface area (Å²) in [6.07, 6.45) is 5.92. The third kappa shape index (κ3) is 3.50. The van der Waals surface area contributed by atoms with Gasteiger partial charge < -0.3 is 10.6 Å². The number of halogens is 3. The van der Waals surface area contributed by atoms with Gasteiger partial charge in [0.1, 0.15) is 16.9 Å². The summed E-state index contributed by atoms with van der Waals surface area (Å²) in [7, 11) is 0. The average Bonchev–Trinajstić information content (AvgIpc) is 3.02. The van der Waals surface area contributed by atoms with Crippen LogP contribution in [-0.4, -0.2) is 43.9 Å². The van der Waals surface area contributed by atoms with Crippen molar-refractivity contribution in [3.63, 3.8) is 0 Å². The molecule has 1 fully saturated rings. The Balaban J connectivity index is 0.00000225. The minimum absolute atomic E-state index is 0. The monoisotopic (exact) mass is 427 g/mol. The molecular formula is C17H20ClF2N7S. The topological polar surface area (TPSA) is 93.2 Å². The molecule has 4 heterocycles. The molecule has 2 aliphatic heterocycles. The molecule has 0 bridgehead atoms. The highest BCUT2D eigenvalue weighted by molar-refractivity contribution is 8.13. The Kier molecular flexibility index (Phi) is 5.46.